The van der Waals surface area contributed by atoms with Crippen molar-refractivity contribution in [3.8, 4) is 11.3 Å². The molecule has 160 valence electrons. The Balaban J connectivity index is 1.27. The molecule has 4 rings (SSSR count). The minimum Gasteiger partial charge on any atom is -0.349 e. The number of amides is 1. The second kappa shape index (κ2) is 9.75. The first-order valence-electron chi connectivity index (χ1n) is 10.4. The Labute approximate surface area is 180 Å². The summed E-state index contributed by atoms with van der Waals surface area (Å²) in [5.41, 5.74) is 3.29. The average molecular weight is 422 g/mol. The van der Waals surface area contributed by atoms with E-state index in [0.29, 0.717) is 22.5 Å². The second-order valence-electron chi connectivity index (χ2n) is 7.76. The van der Waals surface area contributed by atoms with Gasteiger partial charge >= 0.3 is 0 Å². The highest BCUT2D eigenvalue weighted by atomic mass is 19.1. The Morgan fingerprint density at radius 1 is 1.06 bits per heavy atom. The summed E-state index contributed by atoms with van der Waals surface area (Å²) in [6, 6.07) is 13.4. The maximum absolute atomic E-state index is 13.4. The molecule has 0 radical (unpaired) electrons. The second-order valence-corrected chi connectivity index (χ2v) is 7.76. The average Bonchev–Trinajstić information content (AvgIpc) is 2.81. The lowest BCUT2D eigenvalue weighted by Gasteiger charge is -2.32. The van der Waals surface area contributed by atoms with Gasteiger partial charge in [-0.1, -0.05) is 18.2 Å². The molecule has 0 aliphatic carbocycles. The zero-order chi connectivity index (χ0) is 21.6. The van der Waals surface area contributed by atoms with E-state index in [0.717, 1.165) is 38.0 Å². The van der Waals surface area contributed by atoms with Gasteiger partial charge in [0.25, 0.3) is 5.91 Å². The molecule has 0 saturated carbocycles. The number of rotatable bonds is 6. The van der Waals surface area contributed by atoms with Crippen molar-refractivity contribution in [2.45, 2.75) is 32.1 Å². The molecule has 2 aromatic heterocycles. The quantitative estimate of drug-likeness (QED) is 0.649. The van der Waals surface area contributed by atoms with Crippen LogP contribution < -0.4 is 5.32 Å². The SMILES string of the molecule is O=C(NC1CCN(Cc2ccc(CF)nc2)CC1)c1ccc(-c2cccc(F)c2)nc1. The number of halogens is 2. The van der Waals surface area contributed by atoms with E-state index >= 15 is 0 Å². The van der Waals surface area contributed by atoms with Crippen LogP contribution in [0.25, 0.3) is 11.3 Å². The van der Waals surface area contributed by atoms with E-state index in [1.807, 2.05) is 6.07 Å². The Morgan fingerprint density at radius 2 is 1.90 bits per heavy atom. The van der Waals surface area contributed by atoms with Crippen LogP contribution >= 0.6 is 0 Å². The molecular formula is C24H24F2N4O. The lowest BCUT2D eigenvalue weighted by atomic mass is 10.0. The number of benzene rings is 1. The van der Waals surface area contributed by atoms with Gasteiger partial charge in [-0.15, -0.1) is 0 Å². The Hall–Kier alpha value is -3.19. The largest absolute Gasteiger partial charge is 0.349 e. The van der Waals surface area contributed by atoms with Crippen LogP contribution in [0.15, 0.2) is 60.9 Å². The number of hydrogen-bond acceptors (Lipinski definition) is 4. The van der Waals surface area contributed by atoms with Crippen molar-refractivity contribution < 1.29 is 13.6 Å². The molecule has 7 heteroatoms. The van der Waals surface area contributed by atoms with E-state index in [1.54, 1.807) is 36.5 Å². The molecule has 3 heterocycles. The summed E-state index contributed by atoms with van der Waals surface area (Å²) in [6.45, 7) is 1.96. The smallest absolute Gasteiger partial charge is 0.253 e. The molecule has 1 aliphatic rings. The number of carbonyl (C=O) groups is 1. The predicted octanol–water partition coefficient (Wildman–Crippen LogP) is 4.15. The van der Waals surface area contributed by atoms with Gasteiger partial charge in [0.2, 0.25) is 0 Å². The summed E-state index contributed by atoms with van der Waals surface area (Å²) in [7, 11) is 0. The zero-order valence-electron chi connectivity index (χ0n) is 17.1. The first-order chi connectivity index (χ1) is 15.1. The molecule has 1 aromatic carbocycles. The summed E-state index contributed by atoms with van der Waals surface area (Å²) in [4.78, 5) is 23.3. The van der Waals surface area contributed by atoms with Crippen molar-refractivity contribution in [3.05, 3.63) is 83.6 Å². The summed E-state index contributed by atoms with van der Waals surface area (Å²) in [5, 5.41) is 3.08. The van der Waals surface area contributed by atoms with Crippen LogP contribution in [0.5, 0.6) is 0 Å². The number of piperidine rings is 1. The summed E-state index contributed by atoms with van der Waals surface area (Å²) in [6.07, 6.45) is 4.97. The molecule has 31 heavy (non-hydrogen) atoms. The molecule has 1 N–H and O–H groups in total. The number of alkyl halides is 1. The predicted molar refractivity (Wildman–Crippen MR) is 114 cm³/mol. The molecule has 1 aliphatic heterocycles. The third-order valence-electron chi connectivity index (χ3n) is 5.50. The van der Waals surface area contributed by atoms with Crippen LogP contribution in [-0.4, -0.2) is 39.9 Å². The third kappa shape index (κ3) is 5.49. The molecule has 0 spiro atoms. The Bertz CT molecular complexity index is 1020. The van der Waals surface area contributed by atoms with E-state index in [1.165, 1.54) is 18.3 Å². The lowest BCUT2D eigenvalue weighted by Crippen LogP contribution is -2.44. The van der Waals surface area contributed by atoms with Crippen LogP contribution in [-0.2, 0) is 13.2 Å². The summed E-state index contributed by atoms with van der Waals surface area (Å²) >= 11 is 0. The molecular weight excluding hydrogens is 398 g/mol. The Morgan fingerprint density at radius 3 is 2.55 bits per heavy atom. The fraction of sp³-hybridized carbons (Fsp3) is 0.292. The zero-order valence-corrected chi connectivity index (χ0v) is 17.1. The van der Waals surface area contributed by atoms with Crippen LogP contribution in [0, 0.1) is 5.82 Å². The van der Waals surface area contributed by atoms with Crippen LogP contribution in [0.3, 0.4) is 0 Å². The normalized spacial score (nSPS) is 15.0. The maximum atomic E-state index is 13.4. The van der Waals surface area contributed by atoms with Crippen molar-refractivity contribution in [2.75, 3.05) is 13.1 Å². The first kappa shape index (κ1) is 21.1. The molecule has 0 atom stereocenters. The van der Waals surface area contributed by atoms with E-state index in [2.05, 4.69) is 20.2 Å². The number of hydrogen-bond donors (Lipinski definition) is 1. The summed E-state index contributed by atoms with van der Waals surface area (Å²) < 4.78 is 26.0. The molecule has 1 saturated heterocycles. The topological polar surface area (TPSA) is 58.1 Å². The van der Waals surface area contributed by atoms with Crippen molar-refractivity contribution in [3.63, 3.8) is 0 Å². The minimum atomic E-state index is -0.547. The van der Waals surface area contributed by atoms with Gasteiger partial charge in [-0.25, -0.2) is 8.78 Å². The van der Waals surface area contributed by atoms with E-state index in [4.69, 9.17) is 0 Å². The molecule has 1 amide bonds. The number of aromatic nitrogens is 2. The number of pyridine rings is 2. The van der Waals surface area contributed by atoms with Crippen LogP contribution in [0.4, 0.5) is 8.78 Å². The monoisotopic (exact) mass is 422 g/mol. The van der Waals surface area contributed by atoms with Gasteiger partial charge in [-0.2, -0.15) is 0 Å². The molecule has 5 nitrogen and oxygen atoms in total. The standard InChI is InChI=1S/C24H24F2N4O/c25-13-22-6-4-17(14-27-22)16-30-10-8-21(9-11-30)29-24(31)19-5-7-23(28-15-19)18-2-1-3-20(26)12-18/h1-7,12,14-15,21H,8-11,13,16H2,(H,29,31). The molecule has 0 unspecified atom stereocenters. The highest BCUT2D eigenvalue weighted by Crippen LogP contribution is 2.19. The number of likely N-dealkylation sites (tertiary alicyclic amines) is 1. The summed E-state index contributed by atoms with van der Waals surface area (Å²) in [5.74, 6) is -0.469. The highest BCUT2D eigenvalue weighted by molar-refractivity contribution is 5.94. The Kier molecular flexibility index (Phi) is 6.62. The van der Waals surface area contributed by atoms with Gasteiger partial charge in [0, 0.05) is 43.6 Å². The van der Waals surface area contributed by atoms with Gasteiger partial charge in [-0.05, 0) is 48.7 Å². The van der Waals surface area contributed by atoms with Crippen molar-refractivity contribution in [1.82, 2.24) is 20.2 Å². The first-order valence-corrected chi connectivity index (χ1v) is 10.4. The van der Waals surface area contributed by atoms with Crippen molar-refractivity contribution in [1.29, 1.82) is 0 Å². The minimum absolute atomic E-state index is 0.110. The number of nitrogens with one attached hydrogen (secondary N) is 1. The number of carbonyl (C=O) groups excluding carboxylic acids is 1. The fourth-order valence-corrected chi connectivity index (χ4v) is 3.74. The molecule has 1 fully saturated rings. The number of nitrogens with zero attached hydrogens (tertiary/aromatic N) is 3. The van der Waals surface area contributed by atoms with Gasteiger partial charge < -0.3 is 5.32 Å². The third-order valence-corrected chi connectivity index (χ3v) is 5.50. The van der Waals surface area contributed by atoms with Crippen LogP contribution in [0.2, 0.25) is 0 Å². The van der Waals surface area contributed by atoms with Crippen LogP contribution in [0.1, 0.15) is 34.5 Å². The van der Waals surface area contributed by atoms with Gasteiger partial charge in [-0.3, -0.25) is 19.7 Å². The fourth-order valence-electron chi connectivity index (χ4n) is 3.74. The molecule has 3 aromatic rings. The van der Waals surface area contributed by atoms with Gasteiger partial charge in [0.05, 0.1) is 17.0 Å². The van der Waals surface area contributed by atoms with E-state index < -0.39 is 6.67 Å². The highest BCUT2D eigenvalue weighted by Gasteiger charge is 2.21. The van der Waals surface area contributed by atoms with E-state index in [-0.39, 0.29) is 17.8 Å². The van der Waals surface area contributed by atoms with Crippen molar-refractivity contribution in [2.24, 2.45) is 0 Å². The van der Waals surface area contributed by atoms with Gasteiger partial charge in [0.15, 0.2) is 0 Å². The van der Waals surface area contributed by atoms with Crippen molar-refractivity contribution >= 4 is 5.91 Å². The van der Waals surface area contributed by atoms with E-state index in [9.17, 15) is 13.6 Å². The molecule has 0 bridgehead atoms. The van der Waals surface area contributed by atoms with Gasteiger partial charge in [0.1, 0.15) is 12.5 Å². The maximum Gasteiger partial charge on any atom is 0.253 e. The lowest BCUT2D eigenvalue weighted by molar-refractivity contribution is 0.0908.